The van der Waals surface area contributed by atoms with Crippen molar-refractivity contribution in [1.82, 2.24) is 10.2 Å². The van der Waals surface area contributed by atoms with Crippen LogP contribution in [-0.2, 0) is 13.0 Å². The minimum atomic E-state index is -0.0775. The van der Waals surface area contributed by atoms with Gasteiger partial charge in [0.15, 0.2) is 0 Å². The summed E-state index contributed by atoms with van der Waals surface area (Å²) in [6.45, 7) is 1.44. The van der Waals surface area contributed by atoms with E-state index in [9.17, 15) is 4.79 Å². The van der Waals surface area contributed by atoms with E-state index >= 15 is 0 Å². The number of hydrogen-bond acceptors (Lipinski definition) is 3. The first kappa shape index (κ1) is 18.4. The Hall–Kier alpha value is -1.97. The lowest BCUT2D eigenvalue weighted by atomic mass is 10.1. The minimum Gasteiger partial charge on any atom is -0.481 e. The van der Waals surface area contributed by atoms with Crippen molar-refractivity contribution in [2.45, 2.75) is 13.0 Å². The first-order valence-corrected chi connectivity index (χ1v) is 9.13. The van der Waals surface area contributed by atoms with Crippen molar-refractivity contribution in [3.05, 3.63) is 50.6 Å². The summed E-state index contributed by atoms with van der Waals surface area (Å²) in [6, 6.07) is 9.67. The molecule has 1 heterocycles. The van der Waals surface area contributed by atoms with Crippen LogP contribution in [0.15, 0.2) is 39.5 Å². The molecule has 1 aromatic heterocycles. The van der Waals surface area contributed by atoms with Crippen molar-refractivity contribution >= 4 is 33.3 Å². The monoisotopic (exact) mass is 406 g/mol. The van der Waals surface area contributed by atoms with Crippen LogP contribution in [0.25, 0.3) is 0 Å². The predicted molar refractivity (Wildman–Crippen MR) is 101 cm³/mol. The number of nitrogens with zero attached hydrogens (tertiary/aromatic N) is 1. The van der Waals surface area contributed by atoms with Gasteiger partial charge in [0.25, 0.3) is 0 Å². The molecule has 2 rings (SSSR count). The normalized spacial score (nSPS) is 10.0. The summed E-state index contributed by atoms with van der Waals surface area (Å²) in [7, 11) is 1.79. The lowest BCUT2D eigenvalue weighted by Crippen LogP contribution is -2.37. The number of carbonyl (C=O) groups is 1. The second kappa shape index (κ2) is 9.36. The molecule has 0 atom stereocenters. The third-order valence-electron chi connectivity index (χ3n) is 3.32. The van der Waals surface area contributed by atoms with Gasteiger partial charge in [-0.25, -0.2) is 4.79 Å². The minimum absolute atomic E-state index is 0.0775. The molecule has 0 unspecified atom stereocenters. The van der Waals surface area contributed by atoms with Crippen molar-refractivity contribution in [2.24, 2.45) is 0 Å². The molecule has 0 aliphatic heterocycles. The number of hydrogen-bond donors (Lipinski definition) is 1. The third kappa shape index (κ3) is 5.91. The Balaban J connectivity index is 1.72. The van der Waals surface area contributed by atoms with Crippen LogP contribution < -0.4 is 10.1 Å². The maximum absolute atomic E-state index is 12.1. The summed E-state index contributed by atoms with van der Waals surface area (Å²) >= 11 is 5.04. The molecular weight excluding hydrogens is 388 g/mol. The Morgan fingerprint density at radius 3 is 2.75 bits per heavy atom. The number of carbonyl (C=O) groups excluding carboxylic acids is 1. The van der Waals surface area contributed by atoms with Gasteiger partial charge in [0.2, 0.25) is 0 Å². The molecule has 1 aromatic carbocycles. The number of urea groups is 1. The van der Waals surface area contributed by atoms with Crippen molar-refractivity contribution in [1.29, 1.82) is 0 Å². The van der Waals surface area contributed by atoms with Crippen LogP contribution in [0.5, 0.6) is 5.75 Å². The molecule has 6 heteroatoms. The number of terminal acetylenes is 1. The Bertz CT molecular complexity index is 707. The summed E-state index contributed by atoms with van der Waals surface area (Å²) in [5.74, 6) is 3.18. The van der Waals surface area contributed by atoms with Crippen molar-refractivity contribution in [3.8, 4) is 18.1 Å². The number of halogens is 1. The smallest absolute Gasteiger partial charge is 0.317 e. The summed E-state index contributed by atoms with van der Waals surface area (Å²) < 4.78 is 6.40. The fraction of sp³-hybridized carbons (Fsp3) is 0.278. The first-order valence-electron chi connectivity index (χ1n) is 7.45. The molecule has 1 N–H and O–H groups in total. The van der Waals surface area contributed by atoms with Gasteiger partial charge in [0, 0.05) is 20.1 Å². The summed E-state index contributed by atoms with van der Waals surface area (Å²) in [6.07, 6.45) is 5.92. The first-order chi connectivity index (χ1) is 11.6. The van der Waals surface area contributed by atoms with E-state index in [1.165, 1.54) is 0 Å². The van der Waals surface area contributed by atoms with Gasteiger partial charge in [-0.3, -0.25) is 0 Å². The molecule has 0 fully saturated rings. The molecule has 24 heavy (non-hydrogen) atoms. The number of benzene rings is 1. The molecule has 0 aliphatic rings. The molecule has 0 radical (unpaired) electrons. The van der Waals surface area contributed by atoms with Gasteiger partial charge < -0.3 is 15.0 Å². The average molecular weight is 407 g/mol. The molecule has 0 bridgehead atoms. The van der Waals surface area contributed by atoms with E-state index in [1.54, 1.807) is 23.3 Å². The average Bonchev–Trinajstić information content (AvgIpc) is 2.98. The highest BCUT2D eigenvalue weighted by atomic mass is 79.9. The maximum Gasteiger partial charge on any atom is 0.317 e. The third-order valence-corrected chi connectivity index (χ3v) is 4.88. The van der Waals surface area contributed by atoms with E-state index in [0.29, 0.717) is 13.1 Å². The summed E-state index contributed by atoms with van der Waals surface area (Å²) in [4.78, 5) is 13.8. The zero-order valence-electron chi connectivity index (χ0n) is 13.4. The van der Waals surface area contributed by atoms with Gasteiger partial charge in [-0.1, -0.05) is 18.1 Å². The number of nitrogens with one attached hydrogen (secondary N) is 1. The van der Waals surface area contributed by atoms with E-state index in [0.717, 1.165) is 27.1 Å². The van der Waals surface area contributed by atoms with Crippen LogP contribution in [0.1, 0.15) is 11.1 Å². The number of thiophene rings is 1. The van der Waals surface area contributed by atoms with Crippen molar-refractivity contribution < 1.29 is 9.53 Å². The van der Waals surface area contributed by atoms with Gasteiger partial charge in [0.05, 0.1) is 3.79 Å². The second-order valence-electron chi connectivity index (χ2n) is 5.23. The molecular formula is C18H19BrN2O2S. The van der Waals surface area contributed by atoms with Crippen LogP contribution in [0.3, 0.4) is 0 Å². The highest BCUT2D eigenvalue weighted by molar-refractivity contribution is 9.11. The standard InChI is InChI=1S/C18H19BrN2O2S/c1-3-10-23-16-6-4-14(5-7-16)8-9-20-18(22)21(2)12-15-11-17(19)24-13-15/h1,4-7,11,13H,8-10,12H2,2H3,(H,20,22). The lowest BCUT2D eigenvalue weighted by Gasteiger charge is -2.17. The Labute approximate surface area is 154 Å². The molecule has 0 spiro atoms. The number of rotatable bonds is 7. The van der Waals surface area contributed by atoms with Gasteiger partial charge in [0.1, 0.15) is 12.4 Å². The van der Waals surface area contributed by atoms with Gasteiger partial charge in [-0.15, -0.1) is 17.8 Å². The van der Waals surface area contributed by atoms with Gasteiger partial charge >= 0.3 is 6.03 Å². The van der Waals surface area contributed by atoms with Crippen LogP contribution >= 0.6 is 27.3 Å². The molecule has 0 aliphatic carbocycles. The van der Waals surface area contributed by atoms with E-state index in [4.69, 9.17) is 11.2 Å². The molecule has 4 nitrogen and oxygen atoms in total. The summed E-state index contributed by atoms with van der Waals surface area (Å²) in [5, 5.41) is 4.97. The van der Waals surface area contributed by atoms with E-state index in [-0.39, 0.29) is 12.6 Å². The van der Waals surface area contributed by atoms with E-state index in [2.05, 4.69) is 27.2 Å². The maximum atomic E-state index is 12.1. The van der Waals surface area contributed by atoms with Gasteiger partial charge in [-0.2, -0.15) is 0 Å². The molecule has 0 saturated heterocycles. The SMILES string of the molecule is C#CCOc1ccc(CCNC(=O)N(C)Cc2csc(Br)c2)cc1. The highest BCUT2D eigenvalue weighted by Gasteiger charge is 2.09. The fourth-order valence-electron chi connectivity index (χ4n) is 2.10. The summed E-state index contributed by atoms with van der Waals surface area (Å²) in [5.41, 5.74) is 2.25. The molecule has 126 valence electrons. The van der Waals surface area contributed by atoms with Gasteiger partial charge in [-0.05, 0) is 57.1 Å². The largest absolute Gasteiger partial charge is 0.481 e. The quantitative estimate of drug-likeness (QED) is 0.708. The zero-order chi connectivity index (χ0) is 17.4. The molecule has 2 aromatic rings. The Morgan fingerprint density at radius 1 is 1.38 bits per heavy atom. The van der Waals surface area contributed by atoms with Crippen LogP contribution in [0.4, 0.5) is 4.79 Å². The van der Waals surface area contributed by atoms with Crippen LogP contribution in [0.2, 0.25) is 0 Å². The highest BCUT2D eigenvalue weighted by Crippen LogP contribution is 2.21. The van der Waals surface area contributed by atoms with E-state index in [1.807, 2.05) is 35.7 Å². The fourth-order valence-corrected chi connectivity index (χ4v) is 3.30. The van der Waals surface area contributed by atoms with E-state index < -0.39 is 0 Å². The molecule has 2 amide bonds. The van der Waals surface area contributed by atoms with Crippen molar-refractivity contribution in [2.75, 3.05) is 20.2 Å². The number of ether oxygens (including phenoxy) is 1. The van der Waals surface area contributed by atoms with Crippen LogP contribution in [-0.4, -0.2) is 31.1 Å². The Kier molecular flexibility index (Phi) is 7.16. The van der Waals surface area contributed by atoms with Crippen molar-refractivity contribution in [3.63, 3.8) is 0 Å². The number of amides is 2. The zero-order valence-corrected chi connectivity index (χ0v) is 15.8. The lowest BCUT2D eigenvalue weighted by molar-refractivity contribution is 0.207. The van der Waals surface area contributed by atoms with Crippen LogP contribution in [0, 0.1) is 12.3 Å². The molecule has 0 saturated carbocycles. The Morgan fingerprint density at radius 2 is 2.12 bits per heavy atom. The second-order valence-corrected chi connectivity index (χ2v) is 7.52. The topological polar surface area (TPSA) is 41.6 Å². The predicted octanol–water partition coefficient (Wildman–Crippen LogP) is 3.91.